The molecule has 0 saturated carbocycles. The second-order valence-electron chi connectivity index (χ2n) is 4.55. The molecule has 1 aliphatic heterocycles. The van der Waals surface area contributed by atoms with Gasteiger partial charge < -0.3 is 9.73 Å². The molecule has 0 radical (unpaired) electrons. The monoisotopic (exact) mass is 355 g/mol. The number of nitrogens with zero attached hydrogens (tertiary/aromatic N) is 2. The number of benzene rings is 1. The van der Waals surface area contributed by atoms with Crippen LogP contribution in [0.2, 0.25) is 5.02 Å². The van der Waals surface area contributed by atoms with Gasteiger partial charge in [0.25, 0.3) is 0 Å². The number of hydrogen-bond acceptors (Lipinski definition) is 5. The summed E-state index contributed by atoms with van der Waals surface area (Å²) in [6.07, 6.45) is 0. The third kappa shape index (κ3) is 2.25. The van der Waals surface area contributed by atoms with E-state index in [1.165, 1.54) is 0 Å². The number of oxazole rings is 1. The zero-order valence-corrected chi connectivity index (χ0v) is 13.0. The fourth-order valence-electron chi connectivity index (χ4n) is 2.25. The van der Waals surface area contributed by atoms with Crippen LogP contribution in [0.15, 0.2) is 26.7 Å². The number of rotatable bonds is 1. The van der Waals surface area contributed by atoms with E-state index in [1.807, 2.05) is 12.9 Å². The van der Waals surface area contributed by atoms with Crippen LogP contribution in [-0.4, -0.2) is 30.1 Å². The number of halogens is 2. The lowest BCUT2D eigenvalue weighted by molar-refractivity contribution is 0.496. The molecule has 0 bridgehead atoms. The highest BCUT2D eigenvalue weighted by Gasteiger charge is 2.27. The van der Waals surface area contributed by atoms with Crippen LogP contribution < -0.4 is 10.2 Å². The minimum atomic E-state index is -0.0803. The molecule has 1 aromatic carbocycles. The average Bonchev–Trinajstić information content (AvgIpc) is 2.82. The van der Waals surface area contributed by atoms with Crippen molar-refractivity contribution in [1.82, 2.24) is 10.3 Å². The van der Waals surface area contributed by atoms with Crippen molar-refractivity contribution in [1.29, 1.82) is 0 Å². The van der Waals surface area contributed by atoms with E-state index in [1.54, 1.807) is 17.0 Å². The normalized spacial score (nSPS) is 19.4. The molecular formula is C13H11BrClN3O2. The lowest BCUT2D eigenvalue weighted by Crippen LogP contribution is -2.47. The van der Waals surface area contributed by atoms with Gasteiger partial charge in [0.15, 0.2) is 5.58 Å². The van der Waals surface area contributed by atoms with Crippen molar-refractivity contribution in [2.45, 2.75) is 13.0 Å². The number of aromatic nitrogens is 1. The Hall–Kier alpha value is -1.33. The Morgan fingerprint density at radius 3 is 3.15 bits per heavy atom. The van der Waals surface area contributed by atoms with E-state index in [4.69, 9.17) is 16.0 Å². The quantitative estimate of drug-likeness (QED) is 0.796. The number of hydrogen-bond donors (Lipinski definition) is 1. The van der Waals surface area contributed by atoms with Crippen molar-refractivity contribution in [3.05, 3.63) is 27.3 Å². The summed E-state index contributed by atoms with van der Waals surface area (Å²) in [5.41, 5.74) is 1.75. The third-order valence-electron chi connectivity index (χ3n) is 3.22. The van der Waals surface area contributed by atoms with Gasteiger partial charge in [0, 0.05) is 18.1 Å². The highest BCUT2D eigenvalue weighted by atomic mass is 79.9. The Kier molecular flexibility index (Phi) is 3.56. The van der Waals surface area contributed by atoms with Crippen molar-refractivity contribution < 1.29 is 9.21 Å². The zero-order valence-electron chi connectivity index (χ0n) is 10.6. The highest BCUT2D eigenvalue weighted by molar-refractivity contribution is 9.10. The largest absolute Gasteiger partial charge is 0.422 e. The Bertz CT molecular complexity index is 724. The molecule has 1 atom stereocenters. The van der Waals surface area contributed by atoms with Gasteiger partial charge >= 0.3 is 6.01 Å². The molecule has 3 rings (SSSR count). The summed E-state index contributed by atoms with van der Waals surface area (Å²) in [6.45, 7) is 3.25. The van der Waals surface area contributed by atoms with Gasteiger partial charge in [-0.1, -0.05) is 11.6 Å². The standard InChI is InChI=1S/C13H11BrClN3O2/c1-7-11(6-19)18(3-2-16-7)13-17-10-5-8(15)4-9(14)12(10)20-13/h4-5,7,16H,2-3H2,1H3. The lowest BCUT2D eigenvalue weighted by atomic mass is 10.2. The summed E-state index contributed by atoms with van der Waals surface area (Å²) in [7, 11) is 0. The fraction of sp³-hybridized carbons (Fsp3) is 0.308. The van der Waals surface area contributed by atoms with Crippen molar-refractivity contribution >= 4 is 50.6 Å². The van der Waals surface area contributed by atoms with Crippen LogP contribution in [0, 0.1) is 0 Å². The first kappa shape index (κ1) is 13.6. The van der Waals surface area contributed by atoms with E-state index in [0.29, 0.717) is 34.4 Å². The second kappa shape index (κ2) is 5.22. The number of nitrogens with one attached hydrogen (secondary N) is 1. The zero-order chi connectivity index (χ0) is 14.3. The van der Waals surface area contributed by atoms with E-state index < -0.39 is 0 Å². The molecule has 1 N–H and O–H groups in total. The Morgan fingerprint density at radius 1 is 1.60 bits per heavy atom. The number of piperazine rings is 1. The molecule has 0 spiro atoms. The Labute approximate surface area is 128 Å². The van der Waals surface area contributed by atoms with Crippen LogP contribution in [0.3, 0.4) is 0 Å². The van der Waals surface area contributed by atoms with Gasteiger partial charge in [-0.3, -0.25) is 4.90 Å². The molecule has 1 fully saturated rings. The van der Waals surface area contributed by atoms with E-state index in [-0.39, 0.29) is 6.04 Å². The molecule has 1 unspecified atom stereocenters. The summed E-state index contributed by atoms with van der Waals surface area (Å²) in [6, 6.07) is 3.78. The van der Waals surface area contributed by atoms with Gasteiger partial charge in [-0.05, 0) is 35.0 Å². The molecule has 1 saturated heterocycles. The first-order chi connectivity index (χ1) is 9.60. The maximum absolute atomic E-state index is 11.1. The van der Waals surface area contributed by atoms with Crippen molar-refractivity contribution in [3.8, 4) is 0 Å². The van der Waals surface area contributed by atoms with Gasteiger partial charge in [0.05, 0.1) is 10.5 Å². The lowest BCUT2D eigenvalue weighted by Gasteiger charge is -2.30. The number of fused-ring (bicyclic) bond motifs is 1. The van der Waals surface area contributed by atoms with E-state index in [0.717, 1.165) is 11.0 Å². The predicted octanol–water partition coefficient (Wildman–Crippen LogP) is 2.76. The summed E-state index contributed by atoms with van der Waals surface area (Å²) in [4.78, 5) is 17.3. The van der Waals surface area contributed by atoms with Crippen LogP contribution in [0.1, 0.15) is 6.92 Å². The van der Waals surface area contributed by atoms with Crippen molar-refractivity contribution in [2.75, 3.05) is 18.0 Å². The predicted molar refractivity (Wildman–Crippen MR) is 80.7 cm³/mol. The maximum Gasteiger partial charge on any atom is 0.303 e. The van der Waals surface area contributed by atoms with E-state index >= 15 is 0 Å². The van der Waals surface area contributed by atoms with Crippen molar-refractivity contribution in [3.63, 3.8) is 0 Å². The summed E-state index contributed by atoms with van der Waals surface area (Å²) in [5, 5.41) is 3.77. The van der Waals surface area contributed by atoms with Crippen LogP contribution in [0.4, 0.5) is 6.01 Å². The molecule has 0 aliphatic carbocycles. The topological polar surface area (TPSA) is 58.4 Å². The first-order valence-corrected chi connectivity index (χ1v) is 7.28. The van der Waals surface area contributed by atoms with Gasteiger partial charge in [-0.2, -0.15) is 4.98 Å². The molecule has 2 aromatic rings. The van der Waals surface area contributed by atoms with Crippen molar-refractivity contribution in [2.24, 2.45) is 0 Å². The molecule has 20 heavy (non-hydrogen) atoms. The molecule has 5 nitrogen and oxygen atoms in total. The summed E-state index contributed by atoms with van der Waals surface area (Å²) < 4.78 is 6.49. The van der Waals surface area contributed by atoms with Crippen LogP contribution in [-0.2, 0) is 4.79 Å². The summed E-state index contributed by atoms with van der Waals surface area (Å²) in [5.74, 6) is 1.96. The minimum Gasteiger partial charge on any atom is -0.422 e. The average molecular weight is 357 g/mol. The van der Waals surface area contributed by atoms with Gasteiger partial charge in [-0.25, -0.2) is 4.79 Å². The molecular weight excluding hydrogens is 346 g/mol. The smallest absolute Gasteiger partial charge is 0.303 e. The number of anilines is 1. The van der Waals surface area contributed by atoms with Gasteiger partial charge in [0.2, 0.25) is 0 Å². The van der Waals surface area contributed by atoms with E-state index in [9.17, 15) is 4.79 Å². The van der Waals surface area contributed by atoms with E-state index in [2.05, 4.69) is 26.2 Å². The fourth-order valence-corrected chi connectivity index (χ4v) is 3.12. The molecule has 104 valence electrons. The maximum atomic E-state index is 11.1. The molecule has 1 aromatic heterocycles. The number of carbonyl (C=O) groups excluding carboxylic acids is 1. The SMILES string of the molecule is CC1NCCN(c2nc3cc(Cl)cc(Br)c3o2)C1=C=O. The third-order valence-corrected chi connectivity index (χ3v) is 4.03. The summed E-state index contributed by atoms with van der Waals surface area (Å²) >= 11 is 9.39. The highest BCUT2D eigenvalue weighted by Crippen LogP contribution is 2.32. The van der Waals surface area contributed by atoms with Crippen LogP contribution >= 0.6 is 27.5 Å². The molecule has 0 amide bonds. The molecule has 2 heterocycles. The van der Waals surface area contributed by atoms with Gasteiger partial charge in [-0.15, -0.1) is 0 Å². The van der Waals surface area contributed by atoms with Crippen LogP contribution in [0.5, 0.6) is 0 Å². The molecule has 1 aliphatic rings. The first-order valence-electron chi connectivity index (χ1n) is 6.11. The Morgan fingerprint density at radius 2 is 2.40 bits per heavy atom. The molecule has 7 heteroatoms. The van der Waals surface area contributed by atoms with Gasteiger partial charge in [0.1, 0.15) is 17.2 Å². The Balaban J connectivity index is 2.10. The van der Waals surface area contributed by atoms with Crippen LogP contribution in [0.25, 0.3) is 11.1 Å². The second-order valence-corrected chi connectivity index (χ2v) is 5.84. The minimum absolute atomic E-state index is 0.0803.